The van der Waals surface area contributed by atoms with Gasteiger partial charge in [-0.3, -0.25) is 4.90 Å². The van der Waals surface area contributed by atoms with Crippen molar-refractivity contribution in [2.24, 2.45) is 5.73 Å². The van der Waals surface area contributed by atoms with Crippen LogP contribution in [0.4, 0.5) is 0 Å². The third-order valence-corrected chi connectivity index (χ3v) is 3.07. The summed E-state index contributed by atoms with van der Waals surface area (Å²) in [5.41, 5.74) is 5.81. The van der Waals surface area contributed by atoms with E-state index in [9.17, 15) is 5.11 Å². The van der Waals surface area contributed by atoms with Gasteiger partial charge in [0.25, 0.3) is 0 Å². The predicted octanol–water partition coefficient (Wildman–Crippen LogP) is -0.195. The second-order valence-corrected chi connectivity index (χ2v) is 4.08. The number of hydrogen-bond donors (Lipinski definition) is 2. The van der Waals surface area contributed by atoms with E-state index in [0.29, 0.717) is 6.10 Å². The smallest absolute Gasteiger partial charge is 0.0601 e. The summed E-state index contributed by atoms with van der Waals surface area (Å²) in [5, 5.41) is 9.22. The van der Waals surface area contributed by atoms with Crippen molar-refractivity contribution in [1.29, 1.82) is 0 Å². The van der Waals surface area contributed by atoms with Gasteiger partial charge in [-0.25, -0.2) is 0 Å². The molecule has 1 fully saturated rings. The van der Waals surface area contributed by atoms with Crippen molar-refractivity contribution < 1.29 is 9.84 Å². The van der Waals surface area contributed by atoms with Crippen LogP contribution in [0.5, 0.6) is 0 Å². The zero-order valence-corrected chi connectivity index (χ0v) is 9.15. The van der Waals surface area contributed by atoms with Crippen LogP contribution in [-0.2, 0) is 4.74 Å². The quantitative estimate of drug-likeness (QED) is 0.663. The molecule has 0 amide bonds. The van der Waals surface area contributed by atoms with Gasteiger partial charge in [0, 0.05) is 32.3 Å². The van der Waals surface area contributed by atoms with Crippen LogP contribution in [0.25, 0.3) is 0 Å². The largest absolute Gasteiger partial charge is 0.395 e. The molecule has 4 heteroatoms. The number of aliphatic hydroxyl groups excluding tert-OH is 1. The molecule has 2 unspecified atom stereocenters. The lowest BCUT2D eigenvalue weighted by Crippen LogP contribution is -2.52. The van der Waals surface area contributed by atoms with E-state index in [1.807, 2.05) is 6.92 Å². The van der Waals surface area contributed by atoms with E-state index in [4.69, 9.17) is 10.5 Å². The lowest BCUT2D eigenvalue weighted by atomic mass is 10.0. The maximum Gasteiger partial charge on any atom is 0.0601 e. The molecule has 1 rings (SSSR count). The van der Waals surface area contributed by atoms with Crippen LogP contribution in [-0.4, -0.2) is 55.0 Å². The molecular formula is C10H22N2O2. The molecule has 2 atom stereocenters. The van der Waals surface area contributed by atoms with E-state index >= 15 is 0 Å². The van der Waals surface area contributed by atoms with Crippen molar-refractivity contribution >= 4 is 0 Å². The lowest BCUT2D eigenvalue weighted by Gasteiger charge is -2.37. The number of ether oxygens (including phenoxy) is 1. The second kappa shape index (κ2) is 5.66. The molecule has 1 aliphatic heterocycles. The fourth-order valence-corrected chi connectivity index (χ4v) is 2.06. The van der Waals surface area contributed by atoms with Crippen molar-refractivity contribution in [3.63, 3.8) is 0 Å². The number of methoxy groups -OCH3 is 1. The van der Waals surface area contributed by atoms with Crippen LogP contribution in [0.1, 0.15) is 19.8 Å². The van der Waals surface area contributed by atoms with Gasteiger partial charge >= 0.3 is 0 Å². The minimum Gasteiger partial charge on any atom is -0.395 e. The van der Waals surface area contributed by atoms with Crippen molar-refractivity contribution in [3.05, 3.63) is 0 Å². The minimum absolute atomic E-state index is 0.0269. The van der Waals surface area contributed by atoms with Gasteiger partial charge in [-0.05, 0) is 19.8 Å². The van der Waals surface area contributed by atoms with E-state index in [2.05, 4.69) is 4.90 Å². The van der Waals surface area contributed by atoms with Crippen LogP contribution in [0.3, 0.4) is 0 Å². The molecule has 1 heterocycles. The summed E-state index contributed by atoms with van der Waals surface area (Å²) >= 11 is 0. The fourth-order valence-electron chi connectivity index (χ4n) is 2.06. The average Bonchev–Trinajstić information content (AvgIpc) is 2.19. The summed E-state index contributed by atoms with van der Waals surface area (Å²) in [6, 6.07) is 0.131. The highest BCUT2D eigenvalue weighted by atomic mass is 16.5. The van der Waals surface area contributed by atoms with Crippen molar-refractivity contribution in [3.8, 4) is 0 Å². The number of aliphatic hydroxyl groups is 1. The fraction of sp³-hybridized carbons (Fsp3) is 1.00. The Kier molecular flexibility index (Phi) is 4.81. The number of nitrogens with zero attached hydrogens (tertiary/aromatic N) is 1. The molecule has 0 aromatic rings. The highest BCUT2D eigenvalue weighted by Gasteiger charge is 2.26. The van der Waals surface area contributed by atoms with Crippen LogP contribution < -0.4 is 5.73 Å². The van der Waals surface area contributed by atoms with E-state index in [1.54, 1.807) is 7.11 Å². The van der Waals surface area contributed by atoms with Crippen molar-refractivity contribution in [2.45, 2.75) is 38.0 Å². The van der Waals surface area contributed by atoms with Gasteiger partial charge < -0.3 is 15.6 Å². The molecule has 4 nitrogen and oxygen atoms in total. The van der Waals surface area contributed by atoms with Crippen molar-refractivity contribution in [1.82, 2.24) is 4.90 Å². The maximum atomic E-state index is 9.22. The van der Waals surface area contributed by atoms with Gasteiger partial charge in [-0.1, -0.05) is 0 Å². The van der Waals surface area contributed by atoms with Gasteiger partial charge in [0.05, 0.1) is 12.7 Å². The minimum atomic E-state index is 0.0269. The Morgan fingerprint density at radius 1 is 1.50 bits per heavy atom. The molecule has 84 valence electrons. The first kappa shape index (κ1) is 11.9. The van der Waals surface area contributed by atoms with Gasteiger partial charge in [-0.15, -0.1) is 0 Å². The van der Waals surface area contributed by atoms with Crippen LogP contribution in [0, 0.1) is 0 Å². The highest BCUT2D eigenvalue weighted by Crippen LogP contribution is 2.16. The first-order valence-corrected chi connectivity index (χ1v) is 5.32. The molecule has 0 bridgehead atoms. The number of rotatable bonds is 4. The van der Waals surface area contributed by atoms with Crippen molar-refractivity contribution in [2.75, 3.05) is 26.8 Å². The molecule has 1 aliphatic rings. The second-order valence-electron chi connectivity index (χ2n) is 4.08. The third-order valence-electron chi connectivity index (χ3n) is 3.07. The highest BCUT2D eigenvalue weighted by molar-refractivity contribution is 4.83. The van der Waals surface area contributed by atoms with Crippen LogP contribution in [0.15, 0.2) is 0 Å². The Labute approximate surface area is 86.0 Å². The normalized spacial score (nSPS) is 24.9. The first-order valence-electron chi connectivity index (χ1n) is 5.32. The summed E-state index contributed by atoms with van der Waals surface area (Å²) in [6.07, 6.45) is 2.47. The maximum absolute atomic E-state index is 9.22. The Hall–Kier alpha value is -0.160. The Bertz CT molecular complexity index is 156. The summed E-state index contributed by atoms with van der Waals surface area (Å²) < 4.78 is 5.29. The summed E-state index contributed by atoms with van der Waals surface area (Å²) in [4.78, 5) is 2.26. The molecule has 0 aliphatic carbocycles. The molecule has 3 N–H and O–H groups in total. The van der Waals surface area contributed by atoms with Gasteiger partial charge in [-0.2, -0.15) is 0 Å². The standard InChI is InChI=1S/C10H22N2O2/c1-8(11)10(7-13)12-5-3-9(14-2)4-6-12/h8-10,13H,3-7,11H2,1-2H3. The van der Waals surface area contributed by atoms with E-state index in [1.165, 1.54) is 0 Å². The zero-order valence-electron chi connectivity index (χ0n) is 9.15. The monoisotopic (exact) mass is 202 g/mol. The molecule has 0 saturated carbocycles. The van der Waals surface area contributed by atoms with E-state index in [-0.39, 0.29) is 18.7 Å². The summed E-state index contributed by atoms with van der Waals surface area (Å²) in [7, 11) is 1.76. The molecule has 1 saturated heterocycles. The third kappa shape index (κ3) is 2.92. The average molecular weight is 202 g/mol. The van der Waals surface area contributed by atoms with E-state index in [0.717, 1.165) is 25.9 Å². The molecule has 0 aromatic heterocycles. The zero-order chi connectivity index (χ0) is 10.6. The SMILES string of the molecule is COC1CCN(C(CO)C(C)N)CC1. The molecular weight excluding hydrogens is 180 g/mol. The molecule has 0 spiro atoms. The number of hydrogen-bond acceptors (Lipinski definition) is 4. The Morgan fingerprint density at radius 2 is 2.07 bits per heavy atom. The summed E-state index contributed by atoms with van der Waals surface area (Å²) in [5.74, 6) is 0. The molecule has 0 radical (unpaired) electrons. The molecule has 0 aromatic carbocycles. The molecule has 14 heavy (non-hydrogen) atoms. The van der Waals surface area contributed by atoms with Gasteiger partial charge in [0.2, 0.25) is 0 Å². The van der Waals surface area contributed by atoms with Crippen LogP contribution >= 0.6 is 0 Å². The Balaban J connectivity index is 2.39. The predicted molar refractivity (Wildman–Crippen MR) is 56.1 cm³/mol. The number of likely N-dealkylation sites (tertiary alicyclic amines) is 1. The van der Waals surface area contributed by atoms with Gasteiger partial charge in [0.15, 0.2) is 0 Å². The lowest BCUT2D eigenvalue weighted by molar-refractivity contribution is 0.0120. The topological polar surface area (TPSA) is 58.7 Å². The van der Waals surface area contributed by atoms with Gasteiger partial charge in [0.1, 0.15) is 0 Å². The van der Waals surface area contributed by atoms with Crippen LogP contribution in [0.2, 0.25) is 0 Å². The first-order chi connectivity index (χ1) is 6.69. The van der Waals surface area contributed by atoms with E-state index < -0.39 is 0 Å². The number of nitrogens with two attached hydrogens (primary N) is 1. The Morgan fingerprint density at radius 3 is 2.43 bits per heavy atom. The number of piperidine rings is 1. The summed E-state index contributed by atoms with van der Waals surface area (Å²) in [6.45, 7) is 4.05.